The Kier molecular flexibility index (Phi) is 6.52. The van der Waals surface area contributed by atoms with Gasteiger partial charge in [-0.15, -0.1) is 0 Å². The first-order valence-corrected chi connectivity index (χ1v) is 10.7. The zero-order valence-electron chi connectivity index (χ0n) is 16.6. The maximum absolute atomic E-state index is 12.4. The first-order valence-electron chi connectivity index (χ1n) is 10.3. The number of rotatable bonds is 6. The second-order valence-electron chi connectivity index (χ2n) is 7.54. The summed E-state index contributed by atoms with van der Waals surface area (Å²) < 4.78 is 5.79. The lowest BCUT2D eigenvalue weighted by atomic mass is 10.2. The number of nitrogens with zero attached hydrogens (tertiary/aromatic N) is 4. The third-order valence-corrected chi connectivity index (χ3v) is 5.83. The van der Waals surface area contributed by atoms with Gasteiger partial charge in [-0.25, -0.2) is 4.98 Å². The van der Waals surface area contributed by atoms with Gasteiger partial charge in [-0.1, -0.05) is 11.6 Å². The third-order valence-electron chi connectivity index (χ3n) is 5.57. The molecule has 1 aromatic heterocycles. The zero-order valence-corrected chi connectivity index (χ0v) is 17.4. The summed E-state index contributed by atoms with van der Waals surface area (Å²) in [6, 6.07) is 11.4. The van der Waals surface area contributed by atoms with Gasteiger partial charge < -0.3 is 14.5 Å². The van der Waals surface area contributed by atoms with E-state index in [0.29, 0.717) is 12.2 Å². The Morgan fingerprint density at radius 3 is 2.34 bits per heavy atom. The minimum absolute atomic E-state index is 0.104. The van der Waals surface area contributed by atoms with E-state index in [4.69, 9.17) is 16.3 Å². The van der Waals surface area contributed by atoms with Crippen LogP contribution in [-0.2, 0) is 0 Å². The van der Waals surface area contributed by atoms with Crippen LogP contribution in [0.5, 0.6) is 5.75 Å². The fraction of sp³-hybridized carbons (Fsp3) is 0.455. The number of benzene rings is 1. The summed E-state index contributed by atoms with van der Waals surface area (Å²) in [5, 5.41) is 0.718. The standard InChI is InChI=1S/C22H27ClN4O2/c23-19-4-6-20(7-5-19)29-16-15-25-11-13-26(14-12-25)21-8-3-18(17-24-21)22(28)27-9-1-2-10-27/h3-8,17H,1-2,9-16H2. The molecule has 6 nitrogen and oxygen atoms in total. The van der Waals surface area contributed by atoms with Crippen LogP contribution in [0.1, 0.15) is 23.2 Å². The summed E-state index contributed by atoms with van der Waals surface area (Å²) in [5.41, 5.74) is 0.689. The van der Waals surface area contributed by atoms with Gasteiger partial charge in [-0.05, 0) is 49.2 Å². The molecule has 0 atom stereocenters. The highest BCUT2D eigenvalue weighted by molar-refractivity contribution is 6.30. The van der Waals surface area contributed by atoms with Crippen molar-refractivity contribution in [2.24, 2.45) is 0 Å². The second kappa shape index (κ2) is 9.46. The molecule has 154 valence electrons. The van der Waals surface area contributed by atoms with Crippen LogP contribution in [0.25, 0.3) is 0 Å². The van der Waals surface area contributed by atoms with Gasteiger partial charge in [0.05, 0.1) is 5.56 Å². The molecule has 1 amide bonds. The van der Waals surface area contributed by atoms with Crippen molar-refractivity contribution < 1.29 is 9.53 Å². The third kappa shape index (κ3) is 5.19. The van der Waals surface area contributed by atoms with Crippen LogP contribution >= 0.6 is 11.6 Å². The molecule has 0 saturated carbocycles. The smallest absolute Gasteiger partial charge is 0.255 e. The van der Waals surface area contributed by atoms with E-state index in [1.165, 1.54) is 0 Å². The van der Waals surface area contributed by atoms with E-state index in [1.54, 1.807) is 6.20 Å². The number of likely N-dealkylation sites (tertiary alicyclic amines) is 1. The van der Waals surface area contributed by atoms with Gasteiger partial charge in [0.2, 0.25) is 0 Å². The first kappa shape index (κ1) is 20.0. The topological polar surface area (TPSA) is 48.9 Å². The van der Waals surface area contributed by atoms with Crippen LogP contribution < -0.4 is 9.64 Å². The molecule has 0 unspecified atom stereocenters. The van der Waals surface area contributed by atoms with Gasteiger partial charge in [-0.3, -0.25) is 9.69 Å². The minimum atomic E-state index is 0.104. The first-order chi connectivity index (χ1) is 14.2. The fourth-order valence-corrected chi connectivity index (χ4v) is 3.95. The summed E-state index contributed by atoms with van der Waals surface area (Å²) >= 11 is 5.89. The van der Waals surface area contributed by atoms with Crippen LogP contribution in [0.3, 0.4) is 0 Å². The lowest BCUT2D eigenvalue weighted by molar-refractivity contribution is 0.0792. The summed E-state index contributed by atoms with van der Waals surface area (Å²) in [6.07, 6.45) is 3.93. The minimum Gasteiger partial charge on any atom is -0.492 e. The number of aromatic nitrogens is 1. The maximum atomic E-state index is 12.4. The maximum Gasteiger partial charge on any atom is 0.255 e. The Bertz CT molecular complexity index is 799. The summed E-state index contributed by atoms with van der Waals surface area (Å²) in [7, 11) is 0. The number of hydrogen-bond acceptors (Lipinski definition) is 5. The molecule has 0 aliphatic carbocycles. The van der Waals surface area contributed by atoms with Crippen LogP contribution in [0.4, 0.5) is 5.82 Å². The van der Waals surface area contributed by atoms with E-state index < -0.39 is 0 Å². The predicted molar refractivity (Wildman–Crippen MR) is 115 cm³/mol. The molecule has 2 fully saturated rings. The van der Waals surface area contributed by atoms with E-state index in [-0.39, 0.29) is 5.91 Å². The van der Waals surface area contributed by atoms with E-state index in [1.807, 2.05) is 41.3 Å². The number of halogens is 1. The molecule has 29 heavy (non-hydrogen) atoms. The number of ether oxygens (including phenoxy) is 1. The molecule has 2 aliphatic rings. The monoisotopic (exact) mass is 414 g/mol. The molecular weight excluding hydrogens is 388 g/mol. The molecule has 0 bridgehead atoms. The largest absolute Gasteiger partial charge is 0.492 e. The number of hydrogen-bond donors (Lipinski definition) is 0. The van der Waals surface area contributed by atoms with Crippen LogP contribution in [0.15, 0.2) is 42.6 Å². The normalized spacial score (nSPS) is 17.6. The average Bonchev–Trinajstić information content (AvgIpc) is 3.30. The van der Waals surface area contributed by atoms with Gasteiger partial charge >= 0.3 is 0 Å². The zero-order chi connectivity index (χ0) is 20.1. The molecule has 0 N–H and O–H groups in total. The Morgan fingerprint density at radius 2 is 1.69 bits per heavy atom. The van der Waals surface area contributed by atoms with E-state index >= 15 is 0 Å². The second-order valence-corrected chi connectivity index (χ2v) is 7.97. The number of pyridine rings is 1. The Hall–Kier alpha value is -2.31. The van der Waals surface area contributed by atoms with Crippen molar-refractivity contribution in [3.63, 3.8) is 0 Å². The van der Waals surface area contributed by atoms with Gasteiger partial charge in [-0.2, -0.15) is 0 Å². The lowest BCUT2D eigenvalue weighted by Gasteiger charge is -2.35. The molecule has 1 aromatic carbocycles. The van der Waals surface area contributed by atoms with Crippen molar-refractivity contribution in [3.8, 4) is 5.75 Å². The Labute approximate surface area is 177 Å². The van der Waals surface area contributed by atoms with Crippen molar-refractivity contribution in [3.05, 3.63) is 53.2 Å². The molecule has 3 heterocycles. The van der Waals surface area contributed by atoms with Crippen molar-refractivity contribution in [1.29, 1.82) is 0 Å². The highest BCUT2D eigenvalue weighted by Gasteiger charge is 2.21. The van der Waals surface area contributed by atoms with Crippen molar-refractivity contribution >= 4 is 23.3 Å². The molecule has 2 aromatic rings. The molecular formula is C22H27ClN4O2. The predicted octanol–water partition coefficient (Wildman–Crippen LogP) is 3.17. The van der Waals surface area contributed by atoms with Gasteiger partial charge in [0.25, 0.3) is 5.91 Å². The Balaban J connectivity index is 1.22. The van der Waals surface area contributed by atoms with E-state index in [0.717, 1.165) is 75.2 Å². The molecule has 0 radical (unpaired) electrons. The molecule has 2 saturated heterocycles. The average molecular weight is 415 g/mol. The number of carbonyl (C=O) groups excluding carboxylic acids is 1. The van der Waals surface area contributed by atoms with E-state index in [2.05, 4.69) is 14.8 Å². The van der Waals surface area contributed by atoms with Gasteiger partial charge in [0.1, 0.15) is 18.2 Å². The SMILES string of the molecule is O=C(c1ccc(N2CCN(CCOc3ccc(Cl)cc3)CC2)nc1)N1CCCC1. The van der Waals surface area contributed by atoms with Crippen molar-refractivity contribution in [1.82, 2.24) is 14.8 Å². The summed E-state index contributed by atoms with van der Waals surface area (Å²) in [4.78, 5) is 23.6. The molecule has 7 heteroatoms. The summed E-state index contributed by atoms with van der Waals surface area (Å²) in [5.74, 6) is 1.90. The van der Waals surface area contributed by atoms with Crippen LogP contribution in [0, 0.1) is 0 Å². The number of amides is 1. The van der Waals surface area contributed by atoms with Crippen LogP contribution in [-0.4, -0.2) is 73.1 Å². The van der Waals surface area contributed by atoms with Crippen LogP contribution in [0.2, 0.25) is 5.02 Å². The highest BCUT2D eigenvalue weighted by atomic mass is 35.5. The molecule has 2 aliphatic heterocycles. The van der Waals surface area contributed by atoms with E-state index in [9.17, 15) is 4.79 Å². The van der Waals surface area contributed by atoms with Gasteiger partial charge in [0, 0.05) is 57.0 Å². The number of carbonyl (C=O) groups is 1. The van der Waals surface area contributed by atoms with Crippen molar-refractivity contribution in [2.45, 2.75) is 12.8 Å². The Morgan fingerprint density at radius 1 is 0.966 bits per heavy atom. The number of anilines is 1. The number of piperazine rings is 1. The highest BCUT2D eigenvalue weighted by Crippen LogP contribution is 2.18. The fourth-order valence-electron chi connectivity index (χ4n) is 3.83. The summed E-state index contributed by atoms with van der Waals surface area (Å²) in [6.45, 7) is 7.08. The quantitative estimate of drug-likeness (QED) is 0.726. The van der Waals surface area contributed by atoms with Gasteiger partial charge in [0.15, 0.2) is 0 Å². The molecule has 4 rings (SSSR count). The molecule has 0 spiro atoms. The lowest BCUT2D eigenvalue weighted by Crippen LogP contribution is -2.47. The van der Waals surface area contributed by atoms with Crippen molar-refractivity contribution in [2.75, 3.05) is 57.3 Å².